The molecule has 2 saturated heterocycles. The molecular formula is C18H28BN3O4. The number of nitrogens with zero attached hydrogens (tertiary/aromatic N) is 3. The third kappa shape index (κ3) is 3.71. The molecule has 0 saturated carbocycles. The van der Waals surface area contributed by atoms with Crippen LogP contribution in [0.25, 0.3) is 0 Å². The van der Waals surface area contributed by atoms with E-state index < -0.39 is 23.9 Å². The predicted molar refractivity (Wildman–Crippen MR) is 98.3 cm³/mol. The molecule has 0 spiro atoms. The van der Waals surface area contributed by atoms with Crippen LogP contribution in [0.15, 0.2) is 12.4 Å². The van der Waals surface area contributed by atoms with Crippen molar-refractivity contribution in [1.29, 1.82) is 0 Å². The molecule has 3 heterocycles. The minimum Gasteiger partial charge on any atom is -0.444 e. The predicted octanol–water partition coefficient (Wildman–Crippen LogP) is 2.11. The number of ether oxygens (including phenoxy) is 1. The highest BCUT2D eigenvalue weighted by Gasteiger charge is 2.52. The first-order valence-electron chi connectivity index (χ1n) is 9.03. The number of hydrogen-bond donors (Lipinski definition) is 0. The van der Waals surface area contributed by atoms with E-state index in [1.54, 1.807) is 17.3 Å². The van der Waals surface area contributed by atoms with Crippen molar-refractivity contribution in [2.24, 2.45) is 0 Å². The fourth-order valence-corrected chi connectivity index (χ4v) is 2.81. The van der Waals surface area contributed by atoms with E-state index in [0.29, 0.717) is 18.7 Å². The summed E-state index contributed by atoms with van der Waals surface area (Å²) in [4.78, 5) is 22.7. The molecule has 0 aromatic carbocycles. The number of hydrogen-bond acceptors (Lipinski definition) is 6. The summed E-state index contributed by atoms with van der Waals surface area (Å²) in [6.07, 6.45) is 3.13. The fraction of sp³-hybridized carbons (Fsp3) is 0.722. The standard InChI is InChI=1S/C18H28BN3O4/c1-16(2,3)24-15(23)22-10-12(11-22)13-8-20-9-14(21-13)19-25-17(4,5)18(6,7)26-19/h8-9,12H,10-11H2,1-7H3. The van der Waals surface area contributed by atoms with E-state index >= 15 is 0 Å². The third-order valence-corrected chi connectivity index (χ3v) is 5.12. The number of carbonyl (C=O) groups excluding carboxylic acids is 1. The summed E-state index contributed by atoms with van der Waals surface area (Å²) in [7, 11) is -0.533. The molecule has 1 aromatic rings. The summed E-state index contributed by atoms with van der Waals surface area (Å²) < 4.78 is 17.5. The van der Waals surface area contributed by atoms with Crippen molar-refractivity contribution in [2.75, 3.05) is 13.1 Å². The van der Waals surface area contributed by atoms with Crippen LogP contribution in [-0.4, -0.2) is 58.0 Å². The molecule has 1 aromatic heterocycles. The van der Waals surface area contributed by atoms with Crippen LogP contribution in [0.3, 0.4) is 0 Å². The van der Waals surface area contributed by atoms with E-state index in [4.69, 9.17) is 14.0 Å². The first kappa shape index (κ1) is 19.1. The van der Waals surface area contributed by atoms with E-state index in [2.05, 4.69) is 9.97 Å². The topological polar surface area (TPSA) is 73.8 Å². The molecule has 2 aliphatic heterocycles. The molecule has 0 unspecified atom stereocenters. The minimum absolute atomic E-state index is 0.150. The van der Waals surface area contributed by atoms with Crippen molar-refractivity contribution in [1.82, 2.24) is 14.9 Å². The zero-order valence-corrected chi connectivity index (χ0v) is 16.7. The molecular weight excluding hydrogens is 333 g/mol. The number of rotatable bonds is 2. The van der Waals surface area contributed by atoms with Gasteiger partial charge in [0.05, 0.1) is 22.5 Å². The lowest BCUT2D eigenvalue weighted by atomic mass is 9.84. The lowest BCUT2D eigenvalue weighted by molar-refractivity contribution is 0.00578. The van der Waals surface area contributed by atoms with Gasteiger partial charge < -0.3 is 18.9 Å². The van der Waals surface area contributed by atoms with Gasteiger partial charge in [0.2, 0.25) is 0 Å². The van der Waals surface area contributed by atoms with Crippen molar-refractivity contribution >= 4 is 18.8 Å². The zero-order valence-electron chi connectivity index (χ0n) is 16.7. The molecule has 0 N–H and O–H groups in total. The third-order valence-electron chi connectivity index (χ3n) is 5.12. The van der Waals surface area contributed by atoms with Gasteiger partial charge in [0.1, 0.15) is 5.60 Å². The van der Waals surface area contributed by atoms with Gasteiger partial charge in [0, 0.05) is 31.4 Å². The maximum atomic E-state index is 12.1. The second kappa shape index (κ2) is 6.20. The number of likely N-dealkylation sites (tertiary alicyclic amines) is 1. The molecule has 2 fully saturated rings. The minimum atomic E-state index is -0.533. The highest BCUT2D eigenvalue weighted by Crippen LogP contribution is 2.36. The van der Waals surface area contributed by atoms with Gasteiger partial charge in [0.25, 0.3) is 0 Å². The number of amides is 1. The Bertz CT molecular complexity index is 680. The first-order chi connectivity index (χ1) is 11.9. The Balaban J connectivity index is 1.64. The Kier molecular flexibility index (Phi) is 4.56. The van der Waals surface area contributed by atoms with Gasteiger partial charge in [-0.1, -0.05) is 0 Å². The van der Waals surface area contributed by atoms with Gasteiger partial charge in [-0.3, -0.25) is 9.97 Å². The summed E-state index contributed by atoms with van der Waals surface area (Å²) in [5, 5.41) is 0. The molecule has 7 nitrogen and oxygen atoms in total. The lowest BCUT2D eigenvalue weighted by Gasteiger charge is -2.39. The van der Waals surface area contributed by atoms with Crippen LogP contribution in [0.1, 0.15) is 60.1 Å². The summed E-state index contributed by atoms with van der Waals surface area (Å²) >= 11 is 0. The van der Waals surface area contributed by atoms with Crippen LogP contribution in [0, 0.1) is 0 Å². The summed E-state index contributed by atoms with van der Waals surface area (Å²) in [5.41, 5.74) is 0.186. The van der Waals surface area contributed by atoms with Crippen LogP contribution < -0.4 is 5.59 Å². The highest BCUT2D eigenvalue weighted by molar-refractivity contribution is 6.61. The number of carbonyl (C=O) groups is 1. The van der Waals surface area contributed by atoms with E-state index in [0.717, 1.165) is 5.69 Å². The summed E-state index contributed by atoms with van der Waals surface area (Å²) in [5.74, 6) is 0.150. The van der Waals surface area contributed by atoms with Gasteiger partial charge in [-0.2, -0.15) is 0 Å². The Morgan fingerprint density at radius 3 is 2.31 bits per heavy atom. The average molecular weight is 361 g/mol. The van der Waals surface area contributed by atoms with E-state index in [9.17, 15) is 4.79 Å². The van der Waals surface area contributed by atoms with E-state index in [-0.39, 0.29) is 12.0 Å². The van der Waals surface area contributed by atoms with Crippen LogP contribution >= 0.6 is 0 Å². The summed E-state index contributed by atoms with van der Waals surface area (Å²) in [6, 6.07) is 0. The molecule has 0 radical (unpaired) electrons. The van der Waals surface area contributed by atoms with E-state index in [1.165, 1.54) is 0 Å². The van der Waals surface area contributed by atoms with Crippen molar-refractivity contribution in [3.05, 3.63) is 18.1 Å². The monoisotopic (exact) mass is 361 g/mol. The maximum Gasteiger partial charge on any atom is 0.516 e. The Morgan fingerprint density at radius 2 is 1.77 bits per heavy atom. The van der Waals surface area contributed by atoms with Gasteiger partial charge in [0.15, 0.2) is 0 Å². The smallest absolute Gasteiger partial charge is 0.444 e. The molecule has 1 amide bonds. The Morgan fingerprint density at radius 1 is 1.19 bits per heavy atom. The average Bonchev–Trinajstić information content (AvgIpc) is 2.64. The Hall–Kier alpha value is -1.67. The van der Waals surface area contributed by atoms with Crippen molar-refractivity contribution < 1.29 is 18.8 Å². The maximum absolute atomic E-state index is 12.1. The van der Waals surface area contributed by atoms with Gasteiger partial charge in [-0.05, 0) is 48.5 Å². The molecule has 142 valence electrons. The normalized spacial score (nSPS) is 22.3. The van der Waals surface area contributed by atoms with Crippen molar-refractivity contribution in [3.8, 4) is 0 Å². The SMILES string of the molecule is CC(C)(C)OC(=O)N1CC(c2cncc(B3OC(C)(C)C(C)(C)O3)n2)C1. The quantitative estimate of drug-likeness (QED) is 0.752. The molecule has 0 bridgehead atoms. The van der Waals surface area contributed by atoms with Crippen LogP contribution in [0.2, 0.25) is 0 Å². The van der Waals surface area contributed by atoms with Gasteiger partial charge in [-0.25, -0.2) is 4.79 Å². The zero-order chi connectivity index (χ0) is 19.3. The van der Waals surface area contributed by atoms with Crippen LogP contribution in [0.4, 0.5) is 4.79 Å². The van der Waals surface area contributed by atoms with Gasteiger partial charge in [-0.15, -0.1) is 0 Å². The largest absolute Gasteiger partial charge is 0.516 e. The van der Waals surface area contributed by atoms with Crippen molar-refractivity contribution in [3.63, 3.8) is 0 Å². The molecule has 26 heavy (non-hydrogen) atoms. The van der Waals surface area contributed by atoms with E-state index in [1.807, 2.05) is 48.5 Å². The van der Waals surface area contributed by atoms with Crippen LogP contribution in [-0.2, 0) is 14.0 Å². The van der Waals surface area contributed by atoms with Crippen molar-refractivity contribution in [2.45, 2.75) is 71.2 Å². The summed E-state index contributed by atoms with van der Waals surface area (Å²) in [6.45, 7) is 14.8. The number of aromatic nitrogens is 2. The first-order valence-corrected chi connectivity index (χ1v) is 9.03. The molecule has 0 atom stereocenters. The molecule has 2 aliphatic rings. The van der Waals surface area contributed by atoms with Crippen LogP contribution in [0.5, 0.6) is 0 Å². The Labute approximate surface area is 155 Å². The molecule has 3 rings (SSSR count). The molecule has 0 aliphatic carbocycles. The lowest BCUT2D eigenvalue weighted by Crippen LogP contribution is -2.51. The fourth-order valence-electron chi connectivity index (χ4n) is 2.81. The second-order valence-corrected chi connectivity index (χ2v) is 9.04. The second-order valence-electron chi connectivity index (χ2n) is 9.04. The molecule has 8 heteroatoms. The highest BCUT2D eigenvalue weighted by atomic mass is 16.7. The van der Waals surface area contributed by atoms with Gasteiger partial charge >= 0.3 is 13.2 Å².